The topological polar surface area (TPSA) is 52.9 Å². The number of aliphatic hydroxyl groups is 2. The molecule has 0 bridgehead atoms. The van der Waals surface area contributed by atoms with Gasteiger partial charge in [0, 0.05) is 36.3 Å². The van der Waals surface area contributed by atoms with Gasteiger partial charge in [0.1, 0.15) is 5.82 Å². The number of rotatable bonds is 9. The lowest BCUT2D eigenvalue weighted by Gasteiger charge is -2.24. The first-order chi connectivity index (χ1) is 9.56. The van der Waals surface area contributed by atoms with Crippen molar-refractivity contribution in [2.75, 3.05) is 32.9 Å². The quantitative estimate of drug-likeness (QED) is 0.713. The van der Waals surface area contributed by atoms with Gasteiger partial charge in [0.15, 0.2) is 0 Å². The Bertz CT molecular complexity index is 406. The maximum Gasteiger partial charge on any atom is 0.127 e. The van der Waals surface area contributed by atoms with Crippen molar-refractivity contribution in [2.45, 2.75) is 19.6 Å². The van der Waals surface area contributed by atoms with Crippen molar-refractivity contribution >= 4 is 15.9 Å². The fourth-order valence-electron chi connectivity index (χ4n) is 1.89. The lowest BCUT2D eigenvalue weighted by atomic mass is 10.2. The summed E-state index contributed by atoms with van der Waals surface area (Å²) in [6.45, 7) is 3.61. The lowest BCUT2D eigenvalue weighted by molar-refractivity contribution is 0.0165. The van der Waals surface area contributed by atoms with Gasteiger partial charge in [-0.2, -0.15) is 0 Å². The Morgan fingerprint density at radius 3 is 2.85 bits per heavy atom. The van der Waals surface area contributed by atoms with Gasteiger partial charge in [-0.1, -0.05) is 15.9 Å². The minimum absolute atomic E-state index is 0.0447. The molecular formula is C14H21BrFNO3. The molecule has 1 aromatic rings. The van der Waals surface area contributed by atoms with Gasteiger partial charge in [0.2, 0.25) is 0 Å². The zero-order valence-electron chi connectivity index (χ0n) is 11.6. The average molecular weight is 350 g/mol. The molecule has 0 saturated carbocycles. The SMILES string of the molecule is CCOCC(O)CN(CCO)Cc1cc(Br)ccc1F. The molecule has 1 unspecified atom stereocenters. The Labute approximate surface area is 127 Å². The predicted molar refractivity (Wildman–Crippen MR) is 79.0 cm³/mol. The molecule has 0 saturated heterocycles. The molecule has 0 radical (unpaired) electrons. The summed E-state index contributed by atoms with van der Waals surface area (Å²) in [4.78, 5) is 1.80. The Kier molecular flexibility index (Phi) is 8.25. The molecule has 0 aliphatic rings. The monoisotopic (exact) mass is 349 g/mol. The molecule has 0 aromatic heterocycles. The maximum atomic E-state index is 13.7. The number of hydrogen-bond donors (Lipinski definition) is 2. The van der Waals surface area contributed by atoms with Crippen molar-refractivity contribution in [3.05, 3.63) is 34.1 Å². The van der Waals surface area contributed by atoms with Gasteiger partial charge in [0.05, 0.1) is 19.3 Å². The third-order valence-corrected chi connectivity index (χ3v) is 3.29. The number of ether oxygens (including phenoxy) is 1. The number of benzene rings is 1. The Balaban J connectivity index is 2.63. The van der Waals surface area contributed by atoms with Crippen molar-refractivity contribution < 1.29 is 19.3 Å². The van der Waals surface area contributed by atoms with Crippen molar-refractivity contribution in [1.29, 1.82) is 0 Å². The summed E-state index contributed by atoms with van der Waals surface area (Å²) in [6.07, 6.45) is -0.656. The van der Waals surface area contributed by atoms with Gasteiger partial charge < -0.3 is 14.9 Å². The number of hydrogen-bond acceptors (Lipinski definition) is 4. The summed E-state index contributed by atoms with van der Waals surface area (Å²) in [5, 5.41) is 18.9. The highest BCUT2D eigenvalue weighted by molar-refractivity contribution is 9.10. The van der Waals surface area contributed by atoms with Crippen LogP contribution in [0.5, 0.6) is 0 Å². The molecule has 0 fully saturated rings. The molecule has 0 spiro atoms. The summed E-state index contributed by atoms with van der Waals surface area (Å²) < 4.78 is 19.7. The summed E-state index contributed by atoms with van der Waals surface area (Å²) in [7, 11) is 0. The van der Waals surface area contributed by atoms with Crippen LogP contribution < -0.4 is 0 Å². The van der Waals surface area contributed by atoms with Crippen LogP contribution in [0.15, 0.2) is 22.7 Å². The third kappa shape index (κ3) is 6.28. The Morgan fingerprint density at radius 1 is 1.45 bits per heavy atom. The standard InChI is InChI=1S/C14H21BrFNO3/c1-2-20-10-13(19)9-17(5-6-18)8-11-7-12(15)3-4-14(11)16/h3-4,7,13,18-19H,2,5-6,8-10H2,1H3. The van der Waals surface area contributed by atoms with Crippen molar-refractivity contribution in [3.8, 4) is 0 Å². The molecule has 1 atom stereocenters. The Hall–Kier alpha value is -0.530. The zero-order valence-corrected chi connectivity index (χ0v) is 13.1. The molecule has 114 valence electrons. The Morgan fingerprint density at radius 2 is 2.20 bits per heavy atom. The first-order valence-corrected chi connectivity index (χ1v) is 7.39. The molecular weight excluding hydrogens is 329 g/mol. The number of nitrogens with zero attached hydrogens (tertiary/aromatic N) is 1. The van der Waals surface area contributed by atoms with Gasteiger partial charge in [-0.15, -0.1) is 0 Å². The van der Waals surface area contributed by atoms with Crippen LogP contribution in [0, 0.1) is 5.82 Å². The van der Waals surface area contributed by atoms with Gasteiger partial charge in [0.25, 0.3) is 0 Å². The van der Waals surface area contributed by atoms with E-state index in [1.54, 1.807) is 17.0 Å². The second kappa shape index (κ2) is 9.41. The average Bonchev–Trinajstić information content (AvgIpc) is 2.41. The highest BCUT2D eigenvalue weighted by atomic mass is 79.9. The van der Waals surface area contributed by atoms with Gasteiger partial charge in [-0.05, 0) is 25.1 Å². The van der Waals surface area contributed by atoms with Crippen LogP contribution in [0.3, 0.4) is 0 Å². The molecule has 1 aromatic carbocycles. The van der Waals surface area contributed by atoms with E-state index in [9.17, 15) is 9.50 Å². The first-order valence-electron chi connectivity index (χ1n) is 6.59. The van der Waals surface area contributed by atoms with Gasteiger partial charge >= 0.3 is 0 Å². The first kappa shape index (κ1) is 17.5. The number of halogens is 2. The van der Waals surface area contributed by atoms with E-state index in [0.717, 1.165) is 4.47 Å². The molecule has 6 heteroatoms. The molecule has 2 N–H and O–H groups in total. The summed E-state index contributed by atoms with van der Waals surface area (Å²) in [6, 6.07) is 4.74. The van der Waals surface area contributed by atoms with Crippen LogP contribution in [0.4, 0.5) is 4.39 Å². The molecule has 0 aliphatic carbocycles. The van der Waals surface area contributed by atoms with E-state index >= 15 is 0 Å². The normalized spacial score (nSPS) is 12.9. The van der Waals surface area contributed by atoms with Crippen LogP contribution in [-0.4, -0.2) is 54.1 Å². The van der Waals surface area contributed by atoms with Crippen LogP contribution in [0.25, 0.3) is 0 Å². The van der Waals surface area contributed by atoms with E-state index in [0.29, 0.717) is 31.8 Å². The van der Waals surface area contributed by atoms with E-state index in [1.165, 1.54) is 6.07 Å². The smallest absolute Gasteiger partial charge is 0.127 e. The molecule has 0 amide bonds. The molecule has 4 nitrogen and oxygen atoms in total. The largest absolute Gasteiger partial charge is 0.395 e. The number of aliphatic hydroxyl groups excluding tert-OH is 2. The van der Waals surface area contributed by atoms with Crippen LogP contribution in [0.1, 0.15) is 12.5 Å². The predicted octanol–water partition coefficient (Wildman–Crippen LogP) is 1.78. The van der Waals surface area contributed by atoms with E-state index < -0.39 is 6.10 Å². The van der Waals surface area contributed by atoms with Crippen LogP contribution in [0.2, 0.25) is 0 Å². The highest BCUT2D eigenvalue weighted by Crippen LogP contribution is 2.17. The lowest BCUT2D eigenvalue weighted by Crippen LogP contribution is -2.36. The van der Waals surface area contributed by atoms with E-state index in [2.05, 4.69) is 15.9 Å². The minimum atomic E-state index is -0.656. The molecule has 20 heavy (non-hydrogen) atoms. The second-order valence-electron chi connectivity index (χ2n) is 4.51. The van der Waals surface area contributed by atoms with E-state index in [1.807, 2.05) is 6.92 Å². The molecule has 0 heterocycles. The maximum absolute atomic E-state index is 13.7. The fraction of sp³-hybridized carbons (Fsp3) is 0.571. The summed E-state index contributed by atoms with van der Waals surface area (Å²) in [5.74, 6) is -0.296. The van der Waals surface area contributed by atoms with Crippen LogP contribution in [-0.2, 0) is 11.3 Å². The molecule has 1 rings (SSSR count). The molecule has 0 aliphatic heterocycles. The summed E-state index contributed by atoms with van der Waals surface area (Å²) >= 11 is 3.31. The van der Waals surface area contributed by atoms with E-state index in [4.69, 9.17) is 9.84 Å². The van der Waals surface area contributed by atoms with Crippen LogP contribution >= 0.6 is 15.9 Å². The van der Waals surface area contributed by atoms with Gasteiger partial charge in [-0.25, -0.2) is 4.39 Å². The van der Waals surface area contributed by atoms with E-state index in [-0.39, 0.29) is 19.0 Å². The third-order valence-electron chi connectivity index (χ3n) is 2.80. The summed E-state index contributed by atoms with van der Waals surface area (Å²) in [5.41, 5.74) is 0.524. The highest BCUT2D eigenvalue weighted by Gasteiger charge is 2.14. The van der Waals surface area contributed by atoms with Crippen molar-refractivity contribution in [2.24, 2.45) is 0 Å². The van der Waals surface area contributed by atoms with Crippen molar-refractivity contribution in [1.82, 2.24) is 4.90 Å². The zero-order chi connectivity index (χ0) is 15.0. The fourth-order valence-corrected chi connectivity index (χ4v) is 2.29. The van der Waals surface area contributed by atoms with Gasteiger partial charge in [-0.3, -0.25) is 4.90 Å². The van der Waals surface area contributed by atoms with Crippen molar-refractivity contribution in [3.63, 3.8) is 0 Å². The minimum Gasteiger partial charge on any atom is -0.395 e. The second-order valence-corrected chi connectivity index (χ2v) is 5.42.